The number of nitrogens with zero attached hydrogens (tertiary/aromatic N) is 1. The maximum Gasteiger partial charge on any atom is 0.251 e. The van der Waals surface area contributed by atoms with Crippen LogP contribution in [0.2, 0.25) is 0 Å². The molecule has 4 nitrogen and oxygen atoms in total. The Labute approximate surface area is 119 Å². The minimum absolute atomic E-state index is 0.0474. The van der Waals surface area contributed by atoms with Crippen LogP contribution in [0.3, 0.4) is 0 Å². The van der Waals surface area contributed by atoms with E-state index < -0.39 is 0 Å². The van der Waals surface area contributed by atoms with E-state index in [1.54, 1.807) is 17.8 Å². The van der Waals surface area contributed by atoms with Gasteiger partial charge in [-0.25, -0.2) is 4.98 Å². The second-order valence-electron chi connectivity index (χ2n) is 5.67. The van der Waals surface area contributed by atoms with Crippen molar-refractivity contribution in [1.82, 2.24) is 15.3 Å². The summed E-state index contributed by atoms with van der Waals surface area (Å²) in [5, 5.41) is 4.19. The molecule has 0 aromatic carbocycles. The molecule has 0 atom stereocenters. The summed E-state index contributed by atoms with van der Waals surface area (Å²) in [7, 11) is 0. The molecule has 1 aromatic rings. The van der Waals surface area contributed by atoms with E-state index in [1.165, 1.54) is 0 Å². The first kappa shape index (κ1) is 16.2. The number of thioether (sulfide) groups is 1. The van der Waals surface area contributed by atoms with Crippen LogP contribution in [0.4, 0.5) is 0 Å². The molecule has 1 aromatic heterocycles. The largest absolute Gasteiger partial charge is 0.312 e. The third-order valence-electron chi connectivity index (χ3n) is 2.49. The third kappa shape index (κ3) is 7.38. The number of aryl methyl sites for hydroxylation is 1. The first-order valence-corrected chi connectivity index (χ1v) is 7.87. The Morgan fingerprint density at radius 3 is 2.79 bits per heavy atom. The van der Waals surface area contributed by atoms with E-state index in [2.05, 4.69) is 43.0 Å². The van der Waals surface area contributed by atoms with Gasteiger partial charge in [-0.2, -0.15) is 0 Å². The Morgan fingerprint density at radius 2 is 2.16 bits per heavy atom. The molecule has 1 rings (SSSR count). The standard InChI is InChI=1S/C14H25N3OS/c1-5-7-11-10-12(18)17-13(16-11)19-9-6-8-15-14(2,3)4/h10,15H,5-9H2,1-4H3,(H,16,17,18). The van der Waals surface area contributed by atoms with Crippen molar-refractivity contribution in [1.29, 1.82) is 0 Å². The number of rotatable bonds is 7. The van der Waals surface area contributed by atoms with E-state index in [9.17, 15) is 4.79 Å². The van der Waals surface area contributed by atoms with Gasteiger partial charge in [0.2, 0.25) is 0 Å². The molecular formula is C14H25N3OS. The van der Waals surface area contributed by atoms with Crippen LogP contribution in [-0.2, 0) is 6.42 Å². The van der Waals surface area contributed by atoms with Crippen LogP contribution >= 0.6 is 11.8 Å². The molecule has 19 heavy (non-hydrogen) atoms. The van der Waals surface area contributed by atoms with Crippen molar-refractivity contribution in [2.75, 3.05) is 12.3 Å². The number of nitrogens with one attached hydrogen (secondary N) is 2. The highest BCUT2D eigenvalue weighted by Crippen LogP contribution is 2.13. The fraction of sp³-hybridized carbons (Fsp3) is 0.714. The first-order chi connectivity index (χ1) is 8.90. The van der Waals surface area contributed by atoms with Gasteiger partial charge in [-0.3, -0.25) is 4.79 Å². The average molecular weight is 283 g/mol. The van der Waals surface area contributed by atoms with Crippen molar-refractivity contribution in [3.63, 3.8) is 0 Å². The molecule has 0 saturated heterocycles. The van der Waals surface area contributed by atoms with Crippen LogP contribution in [0.1, 0.15) is 46.2 Å². The number of hydrogen-bond donors (Lipinski definition) is 2. The monoisotopic (exact) mass is 283 g/mol. The van der Waals surface area contributed by atoms with Crippen molar-refractivity contribution in [3.8, 4) is 0 Å². The molecule has 0 amide bonds. The predicted molar refractivity (Wildman–Crippen MR) is 81.9 cm³/mol. The second-order valence-corrected chi connectivity index (χ2v) is 6.75. The van der Waals surface area contributed by atoms with Gasteiger partial charge in [-0.1, -0.05) is 25.1 Å². The fourth-order valence-corrected chi connectivity index (χ4v) is 2.48. The van der Waals surface area contributed by atoms with E-state index in [0.29, 0.717) is 0 Å². The van der Waals surface area contributed by atoms with Crippen molar-refractivity contribution in [2.24, 2.45) is 0 Å². The summed E-state index contributed by atoms with van der Waals surface area (Å²) < 4.78 is 0. The highest BCUT2D eigenvalue weighted by Gasteiger charge is 2.07. The molecule has 0 aliphatic rings. The minimum atomic E-state index is -0.0474. The third-order valence-corrected chi connectivity index (χ3v) is 3.45. The van der Waals surface area contributed by atoms with Crippen molar-refractivity contribution in [3.05, 3.63) is 22.1 Å². The molecule has 108 valence electrons. The van der Waals surface area contributed by atoms with Gasteiger partial charge >= 0.3 is 0 Å². The van der Waals surface area contributed by atoms with E-state index >= 15 is 0 Å². The normalized spacial score (nSPS) is 11.8. The maximum absolute atomic E-state index is 11.5. The van der Waals surface area contributed by atoms with Crippen molar-refractivity contribution < 1.29 is 0 Å². The van der Waals surface area contributed by atoms with Gasteiger partial charge < -0.3 is 10.3 Å². The Kier molecular flexibility index (Phi) is 6.58. The number of H-pyrrole nitrogens is 1. The summed E-state index contributed by atoms with van der Waals surface area (Å²) in [6.07, 6.45) is 2.93. The van der Waals surface area contributed by atoms with Crippen molar-refractivity contribution in [2.45, 2.75) is 57.7 Å². The lowest BCUT2D eigenvalue weighted by atomic mass is 10.1. The zero-order valence-electron chi connectivity index (χ0n) is 12.4. The average Bonchev–Trinajstić information content (AvgIpc) is 2.26. The molecule has 2 N–H and O–H groups in total. The molecule has 0 aliphatic heterocycles. The Bertz CT molecular complexity index is 437. The van der Waals surface area contributed by atoms with Crippen LogP contribution in [0.5, 0.6) is 0 Å². The highest BCUT2D eigenvalue weighted by molar-refractivity contribution is 7.99. The zero-order valence-corrected chi connectivity index (χ0v) is 13.2. The zero-order chi connectivity index (χ0) is 14.3. The summed E-state index contributed by atoms with van der Waals surface area (Å²) in [5.74, 6) is 0.960. The summed E-state index contributed by atoms with van der Waals surface area (Å²) in [4.78, 5) is 18.7. The van der Waals surface area contributed by atoms with Gasteiger partial charge in [-0.15, -0.1) is 0 Å². The van der Waals surface area contributed by atoms with Crippen LogP contribution < -0.4 is 10.9 Å². The molecule has 0 bridgehead atoms. The van der Waals surface area contributed by atoms with Crippen LogP contribution in [-0.4, -0.2) is 27.8 Å². The van der Waals surface area contributed by atoms with Crippen LogP contribution in [0, 0.1) is 0 Å². The van der Waals surface area contributed by atoms with E-state index in [0.717, 1.165) is 42.4 Å². The lowest BCUT2D eigenvalue weighted by Gasteiger charge is -2.20. The maximum atomic E-state index is 11.5. The van der Waals surface area contributed by atoms with Gasteiger partial charge in [0.05, 0.1) is 0 Å². The van der Waals surface area contributed by atoms with Crippen LogP contribution in [0.15, 0.2) is 16.0 Å². The molecule has 1 heterocycles. The molecule has 0 aliphatic carbocycles. The lowest BCUT2D eigenvalue weighted by Crippen LogP contribution is -2.36. The van der Waals surface area contributed by atoms with Gasteiger partial charge in [-0.05, 0) is 40.2 Å². The van der Waals surface area contributed by atoms with Crippen LogP contribution in [0.25, 0.3) is 0 Å². The van der Waals surface area contributed by atoms with Gasteiger partial charge in [0.15, 0.2) is 5.16 Å². The lowest BCUT2D eigenvalue weighted by molar-refractivity contribution is 0.427. The van der Waals surface area contributed by atoms with E-state index in [4.69, 9.17) is 0 Å². The minimum Gasteiger partial charge on any atom is -0.312 e. The summed E-state index contributed by atoms with van der Waals surface area (Å²) in [6, 6.07) is 1.59. The Hall–Kier alpha value is -0.810. The van der Waals surface area contributed by atoms with Gasteiger partial charge in [0.25, 0.3) is 5.56 Å². The van der Waals surface area contributed by atoms with Gasteiger partial charge in [0, 0.05) is 23.1 Å². The quantitative estimate of drug-likeness (QED) is 0.459. The van der Waals surface area contributed by atoms with Gasteiger partial charge in [0.1, 0.15) is 0 Å². The molecule has 0 fully saturated rings. The highest BCUT2D eigenvalue weighted by atomic mass is 32.2. The predicted octanol–water partition coefficient (Wildman–Crippen LogP) is 2.59. The number of aromatic amines is 1. The summed E-state index contributed by atoms with van der Waals surface area (Å²) >= 11 is 1.62. The second kappa shape index (κ2) is 7.70. The van der Waals surface area contributed by atoms with E-state index in [1.807, 2.05) is 0 Å². The molecule has 0 radical (unpaired) electrons. The Balaban J connectivity index is 2.39. The molecular weight excluding hydrogens is 258 g/mol. The Morgan fingerprint density at radius 1 is 1.42 bits per heavy atom. The fourth-order valence-electron chi connectivity index (χ4n) is 1.64. The number of hydrogen-bond acceptors (Lipinski definition) is 4. The SMILES string of the molecule is CCCc1cc(=O)[nH]c(SCCCNC(C)(C)C)n1. The molecule has 0 saturated carbocycles. The van der Waals surface area contributed by atoms with Crippen molar-refractivity contribution >= 4 is 11.8 Å². The molecule has 0 spiro atoms. The summed E-state index contributed by atoms with van der Waals surface area (Å²) in [6.45, 7) is 9.55. The topological polar surface area (TPSA) is 57.8 Å². The van der Waals surface area contributed by atoms with E-state index in [-0.39, 0.29) is 11.1 Å². The molecule has 5 heteroatoms. The summed E-state index contributed by atoms with van der Waals surface area (Å²) in [5.41, 5.74) is 1.01. The smallest absolute Gasteiger partial charge is 0.251 e. The number of aromatic nitrogens is 2. The first-order valence-electron chi connectivity index (χ1n) is 6.89. The molecule has 0 unspecified atom stereocenters.